The van der Waals surface area contributed by atoms with Gasteiger partial charge in [-0.15, -0.1) is 0 Å². The molecule has 0 radical (unpaired) electrons. The Morgan fingerprint density at radius 3 is 2.56 bits per heavy atom. The highest BCUT2D eigenvalue weighted by Crippen LogP contribution is 2.51. The van der Waals surface area contributed by atoms with Gasteiger partial charge in [-0.25, -0.2) is 0 Å². The Balaban J connectivity index is 2.19. The van der Waals surface area contributed by atoms with E-state index in [0.717, 1.165) is 16.4 Å². The second kappa shape index (κ2) is 4.10. The van der Waals surface area contributed by atoms with E-state index in [9.17, 15) is 0 Å². The van der Waals surface area contributed by atoms with Crippen LogP contribution >= 0.6 is 11.8 Å². The van der Waals surface area contributed by atoms with Gasteiger partial charge in [-0.05, 0) is 30.7 Å². The summed E-state index contributed by atoms with van der Waals surface area (Å²) in [6.45, 7) is 6.26. The molecule has 0 spiro atoms. The smallest absolute Gasteiger partial charge is 0.0775 e. The Bertz CT molecular complexity index is 634. The van der Waals surface area contributed by atoms with Crippen LogP contribution in [0.1, 0.15) is 5.56 Å². The molecule has 18 heavy (non-hydrogen) atoms. The number of benzene rings is 2. The van der Waals surface area contributed by atoms with Crippen molar-refractivity contribution in [3.8, 4) is 0 Å². The summed E-state index contributed by atoms with van der Waals surface area (Å²) in [4.78, 5) is 3.40. The molecule has 3 heteroatoms. The van der Waals surface area contributed by atoms with Crippen LogP contribution in [0.4, 0.5) is 17.1 Å². The summed E-state index contributed by atoms with van der Waals surface area (Å²) in [5, 5.41) is 0.997. The number of nitrogen functional groups attached to an aromatic ring is 1. The summed E-state index contributed by atoms with van der Waals surface area (Å²) in [5.41, 5.74) is 10.3. The van der Waals surface area contributed by atoms with Crippen molar-refractivity contribution in [2.45, 2.75) is 11.8 Å². The average molecular weight is 254 g/mol. The van der Waals surface area contributed by atoms with Crippen molar-refractivity contribution in [1.82, 2.24) is 0 Å². The van der Waals surface area contributed by atoms with Gasteiger partial charge in [0.05, 0.1) is 22.1 Å². The van der Waals surface area contributed by atoms with E-state index in [2.05, 4.69) is 36.6 Å². The molecule has 0 saturated heterocycles. The van der Waals surface area contributed by atoms with Crippen LogP contribution in [0.3, 0.4) is 0 Å². The molecule has 0 saturated carbocycles. The lowest BCUT2D eigenvalue weighted by atomic mass is 10.2. The Morgan fingerprint density at radius 1 is 1.06 bits per heavy atom. The molecule has 1 heterocycles. The lowest BCUT2D eigenvalue weighted by Gasteiger charge is -2.21. The number of anilines is 3. The van der Waals surface area contributed by atoms with E-state index in [1.54, 1.807) is 11.8 Å². The van der Waals surface area contributed by atoms with Gasteiger partial charge in [-0.1, -0.05) is 42.6 Å². The molecule has 0 aromatic heterocycles. The fourth-order valence-corrected chi connectivity index (χ4v) is 3.22. The van der Waals surface area contributed by atoms with Crippen LogP contribution < -0.4 is 10.6 Å². The summed E-state index contributed by atoms with van der Waals surface area (Å²) in [6.07, 6.45) is 0. The van der Waals surface area contributed by atoms with E-state index in [4.69, 9.17) is 5.73 Å². The molecule has 0 fully saturated rings. The summed E-state index contributed by atoms with van der Waals surface area (Å²) < 4.78 is 0. The lowest BCUT2D eigenvalue weighted by Crippen LogP contribution is -2.11. The second-order valence-corrected chi connectivity index (χ2v) is 5.40. The maximum absolute atomic E-state index is 6.07. The van der Waals surface area contributed by atoms with Crippen LogP contribution in [-0.2, 0) is 0 Å². The summed E-state index contributed by atoms with van der Waals surface area (Å²) in [6, 6.07) is 14.2. The van der Waals surface area contributed by atoms with E-state index >= 15 is 0 Å². The highest BCUT2D eigenvalue weighted by Gasteiger charge is 2.27. The monoisotopic (exact) mass is 254 g/mol. The highest BCUT2D eigenvalue weighted by molar-refractivity contribution is 8.03. The third-order valence-electron chi connectivity index (χ3n) is 3.08. The summed E-state index contributed by atoms with van der Waals surface area (Å²) >= 11 is 1.71. The number of nitrogens with two attached hydrogens (primary N) is 1. The molecule has 1 aliphatic rings. The van der Waals surface area contributed by atoms with Crippen LogP contribution in [0, 0.1) is 6.92 Å². The first kappa shape index (κ1) is 11.2. The molecule has 0 bridgehead atoms. The normalized spacial score (nSPS) is 13.8. The minimum Gasteiger partial charge on any atom is -0.397 e. The number of hydrogen-bond acceptors (Lipinski definition) is 3. The third kappa shape index (κ3) is 1.59. The Morgan fingerprint density at radius 2 is 1.78 bits per heavy atom. The SMILES string of the molecule is C=C1Sc2c(C)cccc2N1c1ccccc1N. The van der Waals surface area contributed by atoms with Gasteiger partial charge in [0.2, 0.25) is 0 Å². The van der Waals surface area contributed by atoms with Crippen molar-refractivity contribution in [3.05, 3.63) is 59.6 Å². The zero-order valence-electron chi connectivity index (χ0n) is 10.2. The van der Waals surface area contributed by atoms with Gasteiger partial charge < -0.3 is 10.6 Å². The highest BCUT2D eigenvalue weighted by atomic mass is 32.2. The molecule has 0 amide bonds. The van der Waals surface area contributed by atoms with Crippen LogP contribution in [-0.4, -0.2) is 0 Å². The number of hydrogen-bond donors (Lipinski definition) is 1. The van der Waals surface area contributed by atoms with E-state index in [1.807, 2.05) is 24.3 Å². The summed E-state index contributed by atoms with van der Waals surface area (Å²) in [7, 11) is 0. The molecule has 3 rings (SSSR count). The predicted octanol–water partition coefficient (Wildman–Crippen LogP) is 4.29. The minimum absolute atomic E-state index is 0.772. The van der Waals surface area contributed by atoms with Gasteiger partial charge in [0.1, 0.15) is 0 Å². The van der Waals surface area contributed by atoms with Gasteiger partial charge in [0, 0.05) is 4.90 Å². The van der Waals surface area contributed by atoms with Crippen molar-refractivity contribution in [3.63, 3.8) is 0 Å². The van der Waals surface area contributed by atoms with Crippen molar-refractivity contribution >= 4 is 28.8 Å². The van der Waals surface area contributed by atoms with Crippen molar-refractivity contribution in [1.29, 1.82) is 0 Å². The maximum atomic E-state index is 6.07. The fourth-order valence-electron chi connectivity index (χ4n) is 2.20. The Kier molecular flexibility index (Phi) is 2.56. The van der Waals surface area contributed by atoms with E-state index < -0.39 is 0 Å². The molecule has 1 aliphatic heterocycles. The molecule has 2 aromatic carbocycles. The van der Waals surface area contributed by atoms with E-state index in [1.165, 1.54) is 16.1 Å². The molecule has 2 nitrogen and oxygen atoms in total. The van der Waals surface area contributed by atoms with Gasteiger partial charge in [0.15, 0.2) is 0 Å². The van der Waals surface area contributed by atoms with Crippen molar-refractivity contribution in [2.24, 2.45) is 0 Å². The van der Waals surface area contributed by atoms with E-state index in [-0.39, 0.29) is 0 Å². The Labute approximate surface area is 111 Å². The topological polar surface area (TPSA) is 29.3 Å². The number of fused-ring (bicyclic) bond motifs is 1. The van der Waals surface area contributed by atoms with E-state index in [0.29, 0.717) is 0 Å². The molecule has 0 unspecified atom stereocenters. The molecule has 0 aliphatic carbocycles. The largest absolute Gasteiger partial charge is 0.397 e. The molecule has 2 aromatic rings. The lowest BCUT2D eigenvalue weighted by molar-refractivity contribution is 1.22. The van der Waals surface area contributed by atoms with Gasteiger partial charge >= 0.3 is 0 Å². The first-order chi connectivity index (χ1) is 8.68. The first-order valence-electron chi connectivity index (χ1n) is 5.79. The molecule has 0 atom stereocenters. The van der Waals surface area contributed by atoms with Crippen LogP contribution in [0.15, 0.2) is 59.0 Å². The van der Waals surface area contributed by atoms with Gasteiger partial charge in [-0.3, -0.25) is 0 Å². The maximum Gasteiger partial charge on any atom is 0.0775 e. The van der Waals surface area contributed by atoms with Crippen molar-refractivity contribution in [2.75, 3.05) is 10.6 Å². The molecule has 2 N–H and O–H groups in total. The minimum atomic E-state index is 0.772. The number of nitrogens with zero attached hydrogens (tertiary/aromatic N) is 1. The standard InChI is InChI=1S/C15H14N2S/c1-10-6-5-9-14-15(10)18-11(2)17(14)13-8-4-3-7-12(13)16/h3-9H,2,16H2,1H3. The van der Waals surface area contributed by atoms with Crippen molar-refractivity contribution < 1.29 is 0 Å². The molecular weight excluding hydrogens is 240 g/mol. The quantitative estimate of drug-likeness (QED) is 0.770. The molecular formula is C15H14N2S. The van der Waals surface area contributed by atoms with Gasteiger partial charge in [0.25, 0.3) is 0 Å². The average Bonchev–Trinajstić information content (AvgIpc) is 2.68. The fraction of sp³-hybridized carbons (Fsp3) is 0.0667. The second-order valence-electron chi connectivity index (χ2n) is 4.31. The predicted molar refractivity (Wildman–Crippen MR) is 79.2 cm³/mol. The number of thioether (sulfide) groups is 1. The molecule has 90 valence electrons. The number of para-hydroxylation sites is 2. The third-order valence-corrected chi connectivity index (χ3v) is 4.23. The summed E-state index contributed by atoms with van der Waals surface area (Å²) in [5.74, 6) is 0. The van der Waals surface area contributed by atoms with Crippen LogP contribution in [0.25, 0.3) is 0 Å². The first-order valence-corrected chi connectivity index (χ1v) is 6.61. The van der Waals surface area contributed by atoms with Gasteiger partial charge in [-0.2, -0.15) is 0 Å². The van der Waals surface area contributed by atoms with Crippen LogP contribution in [0.5, 0.6) is 0 Å². The zero-order chi connectivity index (χ0) is 12.7. The Hall–Kier alpha value is -1.87. The van der Waals surface area contributed by atoms with Crippen LogP contribution in [0.2, 0.25) is 0 Å². The number of aryl methyl sites for hydroxylation is 1. The number of rotatable bonds is 1. The zero-order valence-corrected chi connectivity index (χ0v) is 11.0.